The average Bonchev–Trinajstić information content (AvgIpc) is 2.32. The van der Waals surface area contributed by atoms with Crippen molar-refractivity contribution in [2.24, 2.45) is 0 Å². The minimum absolute atomic E-state index is 1.31. The summed E-state index contributed by atoms with van der Waals surface area (Å²) in [6, 6.07) is 0. The molecule has 0 aliphatic rings. The molecule has 0 aliphatic carbocycles. The Balaban J connectivity index is 5.30. The van der Waals surface area contributed by atoms with E-state index in [9.17, 15) is 0 Å². The first kappa shape index (κ1) is 20.1. The topological polar surface area (TPSA) is 0 Å². The summed E-state index contributed by atoms with van der Waals surface area (Å²) in [5.41, 5.74) is 23.5. The maximum Gasteiger partial charge on any atom is 0.209 e. The van der Waals surface area contributed by atoms with E-state index in [4.69, 9.17) is 6.42 Å². The van der Waals surface area contributed by atoms with Crippen molar-refractivity contribution in [2.45, 2.75) is 58.9 Å². The number of terminal acetylenes is 1. The number of hydrogen-bond acceptors (Lipinski definition) is 0. The summed E-state index contributed by atoms with van der Waals surface area (Å²) in [4.78, 5) is 0. The van der Waals surface area contributed by atoms with Gasteiger partial charge < -0.3 is 0 Å². The summed E-state index contributed by atoms with van der Waals surface area (Å²) in [6.45, 7) is 19.9. The third kappa shape index (κ3) is 10.5. The molecule has 0 nitrogen and oxygen atoms in total. The summed E-state index contributed by atoms with van der Waals surface area (Å²) >= 11 is 0. The van der Waals surface area contributed by atoms with Crippen molar-refractivity contribution in [3.05, 3.63) is 0 Å². The first-order valence-electron chi connectivity index (χ1n) is 7.29. The molecule has 0 aromatic heterocycles. The zero-order chi connectivity index (χ0) is 16.9. The minimum atomic E-state index is -1.82. The predicted octanol–water partition coefficient (Wildman–Crippen LogP) is 3.87. The van der Waals surface area contributed by atoms with E-state index in [1.165, 1.54) is 0 Å². The molecule has 0 atom stereocenters. The second-order valence-electron chi connectivity index (χ2n) is 8.02. The van der Waals surface area contributed by atoms with Crippen LogP contribution in [0.3, 0.4) is 0 Å². The van der Waals surface area contributed by atoms with Crippen molar-refractivity contribution in [2.75, 3.05) is 0 Å². The van der Waals surface area contributed by atoms with Crippen molar-refractivity contribution in [1.82, 2.24) is 0 Å². The average molecular weight is 345 g/mol. The van der Waals surface area contributed by atoms with E-state index < -0.39 is 32.3 Å². The zero-order valence-electron chi connectivity index (χ0n) is 15.1. The first-order valence-corrected chi connectivity index (χ1v) is 19.8. The van der Waals surface area contributed by atoms with Gasteiger partial charge in [0.1, 0.15) is 8.07 Å². The van der Waals surface area contributed by atoms with Crippen LogP contribution in [0.2, 0.25) is 58.9 Å². The predicted molar refractivity (Wildman–Crippen MR) is 108 cm³/mol. The van der Waals surface area contributed by atoms with E-state index in [2.05, 4.69) is 97.7 Å². The van der Waals surface area contributed by atoms with E-state index in [0.717, 1.165) is 0 Å². The van der Waals surface area contributed by atoms with Gasteiger partial charge in [0.2, 0.25) is 24.2 Å². The summed E-state index contributed by atoms with van der Waals surface area (Å²) in [5, 5.41) is 0. The molecule has 0 radical (unpaired) electrons. The van der Waals surface area contributed by atoms with Crippen LogP contribution in [0.25, 0.3) is 0 Å². The van der Waals surface area contributed by atoms with Crippen LogP contribution in [0.1, 0.15) is 0 Å². The van der Waals surface area contributed by atoms with Crippen LogP contribution in [0.4, 0.5) is 0 Å². The van der Waals surface area contributed by atoms with Crippen molar-refractivity contribution in [1.29, 1.82) is 0 Å². The largest absolute Gasteiger partial charge is 0.209 e. The fraction of sp³-hybridized carbons (Fsp3) is 0.529. The molecule has 0 rings (SSSR count). The fourth-order valence-electron chi connectivity index (χ4n) is 1.07. The monoisotopic (exact) mass is 344 g/mol. The molecular formula is C17H28Si4. The molecule has 0 fully saturated rings. The van der Waals surface area contributed by atoms with E-state index in [0.29, 0.717) is 0 Å². The van der Waals surface area contributed by atoms with E-state index in [-0.39, 0.29) is 0 Å². The summed E-state index contributed by atoms with van der Waals surface area (Å²) < 4.78 is 0. The van der Waals surface area contributed by atoms with Gasteiger partial charge in [-0.25, -0.2) is 0 Å². The van der Waals surface area contributed by atoms with Crippen molar-refractivity contribution < 1.29 is 0 Å². The van der Waals surface area contributed by atoms with Crippen molar-refractivity contribution in [3.8, 4) is 45.2 Å². The van der Waals surface area contributed by atoms with Gasteiger partial charge in [0.05, 0.1) is 0 Å². The number of hydrogen-bond donors (Lipinski definition) is 0. The lowest BCUT2D eigenvalue weighted by Gasteiger charge is -2.11. The highest BCUT2D eigenvalue weighted by Gasteiger charge is 2.21. The molecule has 0 saturated heterocycles. The SMILES string of the molecule is C#C[Si](C)(C)C#C[Si](C)(C)C#C[Si](C)(C)C#C[Si](C)(C)C. The summed E-state index contributed by atoms with van der Waals surface area (Å²) in [6.07, 6.45) is 5.54. The molecule has 0 aliphatic heterocycles. The minimum Gasteiger partial charge on any atom is -0.138 e. The molecule has 0 aromatic carbocycles. The lowest BCUT2D eigenvalue weighted by atomic mass is 11.3. The molecule has 0 saturated carbocycles. The second-order valence-corrected chi connectivity index (χ2v) is 24.1. The molecule has 4 heteroatoms. The Morgan fingerprint density at radius 3 is 1.05 bits per heavy atom. The molecular weight excluding hydrogens is 317 g/mol. The molecule has 0 bridgehead atoms. The smallest absolute Gasteiger partial charge is 0.138 e. The normalized spacial score (nSPS) is 11.8. The van der Waals surface area contributed by atoms with Gasteiger partial charge in [-0.3, -0.25) is 0 Å². The van der Waals surface area contributed by atoms with E-state index in [1.54, 1.807) is 0 Å². The van der Waals surface area contributed by atoms with Gasteiger partial charge >= 0.3 is 0 Å². The van der Waals surface area contributed by atoms with Crippen LogP contribution >= 0.6 is 0 Å². The highest BCUT2D eigenvalue weighted by molar-refractivity contribution is 6.99. The summed E-state index contributed by atoms with van der Waals surface area (Å²) in [7, 11) is -6.67. The van der Waals surface area contributed by atoms with Crippen LogP contribution in [0.15, 0.2) is 0 Å². The van der Waals surface area contributed by atoms with Crippen LogP contribution in [0, 0.1) is 45.2 Å². The highest BCUT2D eigenvalue weighted by atomic mass is 28.3. The molecule has 0 N–H and O–H groups in total. The molecule has 0 spiro atoms. The van der Waals surface area contributed by atoms with Crippen LogP contribution in [0.5, 0.6) is 0 Å². The summed E-state index contributed by atoms with van der Waals surface area (Å²) in [5.74, 6) is 0. The Bertz CT molecular complexity index is 606. The Labute approximate surface area is 136 Å². The Hall–Kier alpha value is -0.892. The van der Waals surface area contributed by atoms with Crippen LogP contribution in [-0.4, -0.2) is 32.3 Å². The van der Waals surface area contributed by atoms with Gasteiger partial charge in [0, 0.05) is 0 Å². The standard InChI is InChI=1S/C17H28Si4/c1-11-19(5,6)14-15-21(9,10)17-16-20(7,8)13-12-18(2,3)4/h1H,2-10H3. The maximum absolute atomic E-state index is 5.54. The lowest BCUT2D eigenvalue weighted by molar-refractivity contribution is 1.81. The van der Waals surface area contributed by atoms with Crippen LogP contribution < -0.4 is 0 Å². The van der Waals surface area contributed by atoms with Gasteiger partial charge in [-0.15, -0.1) is 45.2 Å². The van der Waals surface area contributed by atoms with Crippen LogP contribution in [-0.2, 0) is 0 Å². The van der Waals surface area contributed by atoms with Crippen molar-refractivity contribution >= 4 is 32.3 Å². The Morgan fingerprint density at radius 1 is 0.476 bits per heavy atom. The Morgan fingerprint density at radius 2 is 0.762 bits per heavy atom. The molecule has 0 heterocycles. The van der Waals surface area contributed by atoms with Gasteiger partial charge in [-0.05, 0) is 39.3 Å². The maximum atomic E-state index is 5.54. The molecule has 0 amide bonds. The second kappa shape index (κ2) is 6.91. The fourth-order valence-corrected chi connectivity index (χ4v) is 9.01. The van der Waals surface area contributed by atoms with Gasteiger partial charge in [0.25, 0.3) is 0 Å². The van der Waals surface area contributed by atoms with Gasteiger partial charge in [-0.1, -0.05) is 19.6 Å². The third-order valence-electron chi connectivity index (χ3n) is 2.49. The Kier molecular flexibility index (Phi) is 6.62. The third-order valence-corrected chi connectivity index (χ3v) is 8.58. The zero-order valence-corrected chi connectivity index (χ0v) is 19.1. The van der Waals surface area contributed by atoms with Gasteiger partial charge in [0.15, 0.2) is 0 Å². The quantitative estimate of drug-likeness (QED) is 0.462. The van der Waals surface area contributed by atoms with Gasteiger partial charge in [-0.2, -0.15) is 0 Å². The van der Waals surface area contributed by atoms with Crippen molar-refractivity contribution in [3.63, 3.8) is 0 Å². The molecule has 0 aromatic rings. The lowest BCUT2D eigenvalue weighted by Crippen LogP contribution is -2.29. The highest BCUT2D eigenvalue weighted by Crippen LogP contribution is 2.05. The van der Waals surface area contributed by atoms with E-state index in [1.807, 2.05) is 0 Å². The molecule has 0 unspecified atom stereocenters. The molecule has 112 valence electrons. The van der Waals surface area contributed by atoms with E-state index >= 15 is 0 Å². The molecule has 21 heavy (non-hydrogen) atoms. The number of rotatable bonds is 0. The first-order chi connectivity index (χ1) is 9.18.